The molecule has 3 nitrogen and oxygen atoms in total. The second-order valence-electron chi connectivity index (χ2n) is 4.04. The fourth-order valence-electron chi connectivity index (χ4n) is 1.18. The summed E-state index contributed by atoms with van der Waals surface area (Å²) in [6.07, 6.45) is 2.87. The number of nitrogens with zero attached hydrogens (tertiary/aromatic N) is 2. The molecule has 0 saturated heterocycles. The molecular weight excluding hydrogens is 174 g/mol. The van der Waals surface area contributed by atoms with Crippen LogP contribution in [0.15, 0.2) is 18.3 Å². The highest BCUT2D eigenvalue weighted by molar-refractivity contribution is 5.06. The maximum absolute atomic E-state index is 8.92. The first-order valence-corrected chi connectivity index (χ1v) is 4.81. The fourth-order valence-corrected chi connectivity index (χ4v) is 1.18. The number of rotatable bonds is 4. The molecule has 76 valence electrons. The van der Waals surface area contributed by atoms with Crippen molar-refractivity contribution in [2.45, 2.75) is 25.8 Å². The van der Waals surface area contributed by atoms with Crippen LogP contribution in [-0.2, 0) is 6.42 Å². The summed E-state index contributed by atoms with van der Waals surface area (Å²) in [4.78, 5) is 5.22. The van der Waals surface area contributed by atoms with Crippen LogP contribution in [-0.4, -0.2) is 29.0 Å². The van der Waals surface area contributed by atoms with E-state index in [1.165, 1.54) is 5.69 Å². The Morgan fingerprint density at radius 2 is 2.29 bits per heavy atom. The van der Waals surface area contributed by atoms with E-state index in [2.05, 4.69) is 22.0 Å². The van der Waals surface area contributed by atoms with Gasteiger partial charge in [-0.25, -0.2) is 0 Å². The molecule has 1 aromatic heterocycles. The Hall–Kier alpha value is -1.27. The summed E-state index contributed by atoms with van der Waals surface area (Å²) < 4.78 is 0. The lowest BCUT2D eigenvalue weighted by Gasteiger charge is -2.28. The van der Waals surface area contributed by atoms with Crippen LogP contribution in [0, 0.1) is 11.3 Å². The maximum atomic E-state index is 8.92. The van der Waals surface area contributed by atoms with Gasteiger partial charge < -0.3 is 4.98 Å². The van der Waals surface area contributed by atoms with Crippen molar-refractivity contribution < 1.29 is 0 Å². The highest BCUT2D eigenvalue weighted by Crippen LogP contribution is 2.10. The molecule has 0 amide bonds. The Kier molecular flexibility index (Phi) is 3.32. The second-order valence-corrected chi connectivity index (χ2v) is 4.04. The van der Waals surface area contributed by atoms with Crippen LogP contribution < -0.4 is 0 Å². The lowest BCUT2D eigenvalue weighted by atomic mass is 10.1. The van der Waals surface area contributed by atoms with Gasteiger partial charge >= 0.3 is 0 Å². The number of hydrogen-bond acceptors (Lipinski definition) is 2. The van der Waals surface area contributed by atoms with E-state index in [0.29, 0.717) is 0 Å². The molecule has 0 fully saturated rings. The Balaban J connectivity index is 2.43. The molecule has 0 spiro atoms. The van der Waals surface area contributed by atoms with Crippen molar-refractivity contribution in [1.29, 1.82) is 5.26 Å². The van der Waals surface area contributed by atoms with Crippen LogP contribution >= 0.6 is 0 Å². The summed E-state index contributed by atoms with van der Waals surface area (Å²) in [6.45, 7) is 4.75. The average molecular weight is 191 g/mol. The maximum Gasteiger partial charge on any atom is 0.103 e. The van der Waals surface area contributed by atoms with Gasteiger partial charge in [0.1, 0.15) is 5.54 Å². The molecule has 0 unspecified atom stereocenters. The average Bonchev–Trinajstić information content (AvgIpc) is 2.66. The topological polar surface area (TPSA) is 42.8 Å². The first-order valence-electron chi connectivity index (χ1n) is 4.81. The van der Waals surface area contributed by atoms with Crippen molar-refractivity contribution in [2.75, 3.05) is 13.6 Å². The van der Waals surface area contributed by atoms with Crippen LogP contribution in [0.5, 0.6) is 0 Å². The first kappa shape index (κ1) is 10.8. The lowest BCUT2D eigenvalue weighted by molar-refractivity contribution is 0.213. The van der Waals surface area contributed by atoms with Crippen molar-refractivity contribution in [2.24, 2.45) is 0 Å². The highest BCUT2D eigenvalue weighted by Gasteiger charge is 2.21. The van der Waals surface area contributed by atoms with Crippen molar-refractivity contribution in [1.82, 2.24) is 9.88 Å². The summed E-state index contributed by atoms with van der Waals surface area (Å²) in [5.74, 6) is 0. The van der Waals surface area contributed by atoms with E-state index in [1.54, 1.807) is 0 Å². The monoisotopic (exact) mass is 191 g/mol. The number of hydrogen-bond donors (Lipinski definition) is 1. The molecule has 3 heteroatoms. The Labute approximate surface area is 85.3 Å². The third-order valence-corrected chi connectivity index (χ3v) is 2.61. The fraction of sp³-hybridized carbons (Fsp3) is 0.545. The Bertz CT molecular complexity index is 306. The molecule has 1 rings (SSSR count). The predicted octanol–water partition coefficient (Wildman–Crippen LogP) is 1.79. The normalized spacial score (nSPS) is 11.6. The number of H-pyrrole nitrogens is 1. The summed E-state index contributed by atoms with van der Waals surface area (Å²) >= 11 is 0. The van der Waals surface area contributed by atoms with Gasteiger partial charge in [-0.05, 0) is 33.0 Å². The number of aromatic amines is 1. The van der Waals surface area contributed by atoms with Gasteiger partial charge in [-0.1, -0.05) is 0 Å². The van der Waals surface area contributed by atoms with Gasteiger partial charge in [0, 0.05) is 24.9 Å². The molecule has 1 aromatic rings. The molecule has 0 aliphatic heterocycles. The molecule has 0 saturated carbocycles. The number of aromatic nitrogens is 1. The molecule has 1 heterocycles. The molecular formula is C11H17N3. The van der Waals surface area contributed by atoms with E-state index in [-0.39, 0.29) is 5.54 Å². The zero-order chi connectivity index (χ0) is 10.6. The molecule has 0 aliphatic carbocycles. The minimum atomic E-state index is -0.382. The molecule has 0 aromatic carbocycles. The van der Waals surface area contributed by atoms with Crippen LogP contribution in [0.2, 0.25) is 0 Å². The number of nitrogens with one attached hydrogen (secondary N) is 1. The van der Waals surface area contributed by atoms with Crippen molar-refractivity contribution in [3.05, 3.63) is 24.0 Å². The van der Waals surface area contributed by atoms with Crippen LogP contribution in [0.1, 0.15) is 19.5 Å². The van der Waals surface area contributed by atoms with Gasteiger partial charge in [-0.3, -0.25) is 4.90 Å². The third kappa shape index (κ3) is 2.61. The molecule has 0 aliphatic rings. The lowest BCUT2D eigenvalue weighted by Crippen LogP contribution is -2.40. The van der Waals surface area contributed by atoms with Gasteiger partial charge in [-0.2, -0.15) is 5.26 Å². The van der Waals surface area contributed by atoms with Gasteiger partial charge in [0.2, 0.25) is 0 Å². The van der Waals surface area contributed by atoms with E-state index >= 15 is 0 Å². The SMILES string of the molecule is CN(CCc1ccc[nH]1)C(C)(C)C#N. The first-order chi connectivity index (χ1) is 6.56. The quantitative estimate of drug-likeness (QED) is 0.788. The summed E-state index contributed by atoms with van der Waals surface area (Å²) in [6, 6.07) is 6.34. The zero-order valence-electron chi connectivity index (χ0n) is 9.04. The number of likely N-dealkylation sites (N-methyl/N-ethyl adjacent to an activating group) is 1. The van der Waals surface area contributed by atoms with E-state index in [9.17, 15) is 0 Å². The molecule has 0 radical (unpaired) electrons. The van der Waals surface area contributed by atoms with E-state index in [1.807, 2.05) is 33.2 Å². The minimum Gasteiger partial charge on any atom is -0.365 e. The standard InChI is InChI=1S/C11H17N3/c1-11(2,9-12)14(3)8-6-10-5-4-7-13-10/h4-5,7,13H,6,8H2,1-3H3. The van der Waals surface area contributed by atoms with E-state index in [4.69, 9.17) is 5.26 Å². The van der Waals surface area contributed by atoms with E-state index in [0.717, 1.165) is 13.0 Å². The van der Waals surface area contributed by atoms with Crippen molar-refractivity contribution in [3.8, 4) is 6.07 Å². The van der Waals surface area contributed by atoms with E-state index < -0.39 is 0 Å². The zero-order valence-corrected chi connectivity index (χ0v) is 9.04. The van der Waals surface area contributed by atoms with Gasteiger partial charge in [0.05, 0.1) is 6.07 Å². The summed E-state index contributed by atoms with van der Waals surface area (Å²) in [7, 11) is 1.98. The third-order valence-electron chi connectivity index (χ3n) is 2.61. The van der Waals surface area contributed by atoms with Gasteiger partial charge in [0.15, 0.2) is 0 Å². The van der Waals surface area contributed by atoms with Gasteiger partial charge in [-0.15, -0.1) is 0 Å². The van der Waals surface area contributed by atoms with Crippen molar-refractivity contribution in [3.63, 3.8) is 0 Å². The van der Waals surface area contributed by atoms with Crippen LogP contribution in [0.4, 0.5) is 0 Å². The molecule has 0 atom stereocenters. The number of nitriles is 1. The smallest absolute Gasteiger partial charge is 0.103 e. The van der Waals surface area contributed by atoms with Crippen LogP contribution in [0.25, 0.3) is 0 Å². The Morgan fingerprint density at radius 1 is 1.57 bits per heavy atom. The predicted molar refractivity (Wildman–Crippen MR) is 56.8 cm³/mol. The minimum absolute atomic E-state index is 0.382. The second kappa shape index (κ2) is 4.30. The molecule has 14 heavy (non-hydrogen) atoms. The highest BCUT2D eigenvalue weighted by atomic mass is 15.2. The molecule has 0 bridgehead atoms. The van der Waals surface area contributed by atoms with Gasteiger partial charge in [0.25, 0.3) is 0 Å². The summed E-state index contributed by atoms with van der Waals surface area (Å²) in [5.41, 5.74) is 0.831. The Morgan fingerprint density at radius 3 is 2.79 bits per heavy atom. The molecule has 1 N–H and O–H groups in total. The summed E-state index contributed by atoms with van der Waals surface area (Å²) in [5, 5.41) is 8.92. The van der Waals surface area contributed by atoms with Crippen LogP contribution in [0.3, 0.4) is 0 Å². The van der Waals surface area contributed by atoms with Crippen molar-refractivity contribution >= 4 is 0 Å². The largest absolute Gasteiger partial charge is 0.365 e.